The van der Waals surface area contributed by atoms with Gasteiger partial charge in [-0.2, -0.15) is 0 Å². The number of para-hydroxylation sites is 1. The molecule has 4 nitrogen and oxygen atoms in total. The molecule has 0 saturated carbocycles. The smallest absolute Gasteiger partial charge is 0.124 e. The fraction of sp³-hybridized carbons (Fsp3) is 0.647. The minimum atomic E-state index is -0.00775. The molecule has 0 bridgehead atoms. The van der Waals surface area contributed by atoms with E-state index in [-0.39, 0.29) is 12.2 Å². The molecule has 1 N–H and O–H groups in total. The zero-order valence-electron chi connectivity index (χ0n) is 13.1. The molecule has 1 aliphatic heterocycles. The van der Waals surface area contributed by atoms with Crippen molar-refractivity contribution in [3.8, 4) is 5.75 Å². The van der Waals surface area contributed by atoms with Gasteiger partial charge in [0.1, 0.15) is 5.75 Å². The second-order valence-electron chi connectivity index (χ2n) is 5.36. The third-order valence-electron chi connectivity index (χ3n) is 3.82. The summed E-state index contributed by atoms with van der Waals surface area (Å²) in [4.78, 5) is 0. The van der Waals surface area contributed by atoms with Gasteiger partial charge in [-0.1, -0.05) is 25.1 Å². The van der Waals surface area contributed by atoms with Crippen LogP contribution in [-0.4, -0.2) is 39.5 Å². The number of likely N-dealkylation sites (N-methyl/N-ethyl adjacent to an activating group) is 1. The molecule has 1 aliphatic rings. The number of methoxy groups -OCH3 is 1. The number of nitrogens with one attached hydrogen (secondary N) is 1. The average Bonchev–Trinajstić information content (AvgIpc) is 2.56. The highest BCUT2D eigenvalue weighted by molar-refractivity contribution is 5.35. The quantitative estimate of drug-likeness (QED) is 0.800. The van der Waals surface area contributed by atoms with Crippen molar-refractivity contribution >= 4 is 0 Å². The van der Waals surface area contributed by atoms with Gasteiger partial charge in [0, 0.05) is 18.7 Å². The van der Waals surface area contributed by atoms with Crippen LogP contribution in [0.25, 0.3) is 0 Å². The minimum absolute atomic E-state index is 0.00775. The van der Waals surface area contributed by atoms with Crippen LogP contribution in [0.5, 0.6) is 5.75 Å². The maximum absolute atomic E-state index is 6.14. The molecule has 1 aromatic carbocycles. The van der Waals surface area contributed by atoms with Crippen molar-refractivity contribution in [2.75, 3.05) is 33.4 Å². The van der Waals surface area contributed by atoms with Crippen molar-refractivity contribution in [2.24, 2.45) is 0 Å². The van der Waals surface area contributed by atoms with E-state index in [9.17, 15) is 0 Å². The molecule has 1 saturated heterocycles. The summed E-state index contributed by atoms with van der Waals surface area (Å²) in [6, 6.07) is 8.06. The summed E-state index contributed by atoms with van der Waals surface area (Å²) in [5.74, 6) is 0.880. The zero-order valence-corrected chi connectivity index (χ0v) is 13.1. The molecule has 2 atom stereocenters. The summed E-state index contributed by atoms with van der Waals surface area (Å²) in [7, 11) is 1.70. The molecule has 0 spiro atoms. The van der Waals surface area contributed by atoms with Gasteiger partial charge in [-0.25, -0.2) is 0 Å². The number of hydrogen-bond acceptors (Lipinski definition) is 4. The molecule has 118 valence electrons. The molecule has 1 fully saturated rings. The summed E-state index contributed by atoms with van der Waals surface area (Å²) < 4.78 is 17.4. The molecule has 1 heterocycles. The lowest BCUT2D eigenvalue weighted by Gasteiger charge is -2.26. The van der Waals surface area contributed by atoms with E-state index in [1.54, 1.807) is 7.11 Å². The Balaban J connectivity index is 1.99. The largest absolute Gasteiger partial charge is 0.496 e. The zero-order chi connectivity index (χ0) is 14.9. The van der Waals surface area contributed by atoms with Gasteiger partial charge in [0.2, 0.25) is 0 Å². The van der Waals surface area contributed by atoms with Gasteiger partial charge in [0.05, 0.1) is 25.9 Å². The van der Waals surface area contributed by atoms with Crippen LogP contribution in [0.3, 0.4) is 0 Å². The van der Waals surface area contributed by atoms with Crippen molar-refractivity contribution in [3.63, 3.8) is 0 Å². The fourth-order valence-corrected chi connectivity index (χ4v) is 2.63. The molecule has 0 radical (unpaired) electrons. The second kappa shape index (κ2) is 9.03. The SMILES string of the molecule is CCNCC(OCC1CCCCO1)c1ccccc1OC. The van der Waals surface area contributed by atoms with E-state index < -0.39 is 0 Å². The Morgan fingerprint density at radius 2 is 2.19 bits per heavy atom. The molecule has 21 heavy (non-hydrogen) atoms. The molecule has 1 aromatic rings. The van der Waals surface area contributed by atoms with Crippen molar-refractivity contribution < 1.29 is 14.2 Å². The van der Waals surface area contributed by atoms with E-state index in [1.165, 1.54) is 12.8 Å². The predicted molar refractivity (Wildman–Crippen MR) is 83.8 cm³/mol. The van der Waals surface area contributed by atoms with Crippen molar-refractivity contribution in [3.05, 3.63) is 29.8 Å². The third kappa shape index (κ3) is 4.99. The van der Waals surface area contributed by atoms with Crippen molar-refractivity contribution in [1.82, 2.24) is 5.32 Å². The summed E-state index contributed by atoms with van der Waals surface area (Å²) in [6.45, 7) is 5.32. The Labute approximate surface area is 127 Å². The maximum Gasteiger partial charge on any atom is 0.124 e. The first-order chi connectivity index (χ1) is 10.3. The molecular formula is C17H27NO3. The Kier molecular flexibility index (Phi) is 7.00. The first-order valence-corrected chi connectivity index (χ1v) is 7.92. The van der Waals surface area contributed by atoms with Crippen LogP contribution in [0.15, 0.2) is 24.3 Å². The summed E-state index contributed by atoms with van der Waals surface area (Å²) in [6.07, 6.45) is 3.73. The van der Waals surface area contributed by atoms with Crippen LogP contribution < -0.4 is 10.1 Å². The molecular weight excluding hydrogens is 266 g/mol. The van der Waals surface area contributed by atoms with Crippen LogP contribution in [0, 0.1) is 0 Å². The van der Waals surface area contributed by atoms with Gasteiger partial charge in [-0.3, -0.25) is 0 Å². The van der Waals surface area contributed by atoms with Gasteiger partial charge in [-0.15, -0.1) is 0 Å². The van der Waals surface area contributed by atoms with E-state index >= 15 is 0 Å². The van der Waals surface area contributed by atoms with Gasteiger partial charge in [-0.05, 0) is 31.9 Å². The van der Waals surface area contributed by atoms with Crippen LogP contribution in [-0.2, 0) is 9.47 Å². The normalized spacial score (nSPS) is 20.2. The van der Waals surface area contributed by atoms with E-state index in [2.05, 4.69) is 18.3 Å². The van der Waals surface area contributed by atoms with Crippen molar-refractivity contribution in [1.29, 1.82) is 0 Å². The lowest BCUT2D eigenvalue weighted by molar-refractivity contribution is -0.0636. The van der Waals surface area contributed by atoms with Crippen LogP contribution in [0.2, 0.25) is 0 Å². The molecule has 0 aliphatic carbocycles. The van der Waals surface area contributed by atoms with Gasteiger partial charge in [0.15, 0.2) is 0 Å². The van der Waals surface area contributed by atoms with E-state index in [1.807, 2.05) is 18.2 Å². The molecule has 0 aromatic heterocycles. The summed E-state index contributed by atoms with van der Waals surface area (Å²) >= 11 is 0. The van der Waals surface area contributed by atoms with E-state index in [4.69, 9.17) is 14.2 Å². The Hall–Kier alpha value is -1.10. The topological polar surface area (TPSA) is 39.7 Å². The maximum atomic E-state index is 6.14. The van der Waals surface area contributed by atoms with E-state index in [0.717, 1.165) is 37.4 Å². The monoisotopic (exact) mass is 293 g/mol. The Morgan fingerprint density at radius 3 is 2.90 bits per heavy atom. The van der Waals surface area contributed by atoms with E-state index in [0.29, 0.717) is 6.61 Å². The minimum Gasteiger partial charge on any atom is -0.496 e. The molecule has 0 amide bonds. The number of rotatable bonds is 8. The van der Waals surface area contributed by atoms with Gasteiger partial charge >= 0.3 is 0 Å². The highest BCUT2D eigenvalue weighted by atomic mass is 16.5. The predicted octanol–water partition coefficient (Wildman–Crippen LogP) is 2.93. The Bertz CT molecular complexity index is 405. The summed E-state index contributed by atoms with van der Waals surface area (Å²) in [5.41, 5.74) is 1.09. The standard InChI is InChI=1S/C17H27NO3/c1-3-18-12-17(15-9-4-5-10-16(15)19-2)21-13-14-8-6-7-11-20-14/h4-5,9-10,14,17-18H,3,6-8,11-13H2,1-2H3. The highest BCUT2D eigenvalue weighted by Crippen LogP contribution is 2.27. The fourth-order valence-electron chi connectivity index (χ4n) is 2.63. The molecule has 4 heteroatoms. The van der Waals surface area contributed by atoms with Crippen LogP contribution >= 0.6 is 0 Å². The lowest BCUT2D eigenvalue weighted by atomic mass is 10.1. The van der Waals surface area contributed by atoms with Crippen LogP contribution in [0.1, 0.15) is 37.9 Å². The molecule has 2 rings (SSSR count). The van der Waals surface area contributed by atoms with Crippen molar-refractivity contribution in [2.45, 2.75) is 38.4 Å². The highest BCUT2D eigenvalue weighted by Gasteiger charge is 2.20. The Morgan fingerprint density at radius 1 is 1.33 bits per heavy atom. The van der Waals surface area contributed by atoms with Crippen LogP contribution in [0.4, 0.5) is 0 Å². The first kappa shape index (κ1) is 16.3. The van der Waals surface area contributed by atoms with Gasteiger partial charge < -0.3 is 19.5 Å². The third-order valence-corrected chi connectivity index (χ3v) is 3.82. The lowest BCUT2D eigenvalue weighted by Crippen LogP contribution is -2.29. The summed E-state index contributed by atoms with van der Waals surface area (Å²) in [5, 5.41) is 3.36. The number of hydrogen-bond donors (Lipinski definition) is 1. The van der Waals surface area contributed by atoms with Gasteiger partial charge in [0.25, 0.3) is 0 Å². The number of ether oxygens (including phenoxy) is 3. The number of benzene rings is 1. The first-order valence-electron chi connectivity index (χ1n) is 7.92. The molecule has 2 unspecified atom stereocenters. The second-order valence-corrected chi connectivity index (χ2v) is 5.36. The average molecular weight is 293 g/mol.